The molecule has 0 atom stereocenters. The standard InChI is InChI=1S/C20H14BrNO3/c21-13-9-11-14(12-10-13)22-19(23)17-7-3-1-5-15(17)16-6-2-4-8-18(16)20(24)25/h1-12H,(H,22,23)(H,24,25)/p-1. The largest absolute Gasteiger partial charge is 0.545 e. The number of carboxylic acid groups (broad SMARTS) is 1. The number of nitrogens with one attached hydrogen (secondary N) is 1. The molecule has 25 heavy (non-hydrogen) atoms. The normalized spacial score (nSPS) is 10.3. The zero-order valence-corrected chi connectivity index (χ0v) is 14.6. The zero-order valence-electron chi connectivity index (χ0n) is 13.0. The second kappa shape index (κ2) is 7.32. The van der Waals surface area contributed by atoms with E-state index in [1.54, 1.807) is 54.6 Å². The molecular weight excluding hydrogens is 382 g/mol. The van der Waals surface area contributed by atoms with Gasteiger partial charge in [0.15, 0.2) is 0 Å². The van der Waals surface area contributed by atoms with Gasteiger partial charge in [0, 0.05) is 21.3 Å². The maximum atomic E-state index is 12.7. The van der Waals surface area contributed by atoms with Crippen molar-refractivity contribution in [2.75, 3.05) is 5.32 Å². The summed E-state index contributed by atoms with van der Waals surface area (Å²) in [6.45, 7) is 0. The van der Waals surface area contributed by atoms with Gasteiger partial charge in [0.1, 0.15) is 0 Å². The number of aromatic carboxylic acids is 1. The molecule has 1 N–H and O–H groups in total. The lowest BCUT2D eigenvalue weighted by Gasteiger charge is -2.14. The van der Waals surface area contributed by atoms with E-state index in [-0.39, 0.29) is 11.5 Å². The van der Waals surface area contributed by atoms with Crippen molar-refractivity contribution in [3.05, 3.63) is 88.4 Å². The molecule has 0 saturated carbocycles. The molecular formula is C20H13BrNO3-. The molecule has 5 heteroatoms. The van der Waals surface area contributed by atoms with Crippen molar-refractivity contribution in [1.29, 1.82) is 0 Å². The van der Waals surface area contributed by atoms with E-state index in [0.29, 0.717) is 22.4 Å². The van der Waals surface area contributed by atoms with Crippen molar-refractivity contribution in [3.63, 3.8) is 0 Å². The SMILES string of the molecule is O=C([O-])c1ccccc1-c1ccccc1C(=O)Nc1ccc(Br)cc1. The van der Waals surface area contributed by atoms with Gasteiger partial charge in [-0.05, 0) is 41.5 Å². The van der Waals surface area contributed by atoms with Crippen LogP contribution in [-0.2, 0) is 0 Å². The molecule has 0 fully saturated rings. The van der Waals surface area contributed by atoms with Crippen molar-refractivity contribution in [2.45, 2.75) is 0 Å². The highest BCUT2D eigenvalue weighted by Gasteiger charge is 2.15. The molecule has 3 aromatic carbocycles. The lowest BCUT2D eigenvalue weighted by atomic mass is 9.95. The Bertz CT molecular complexity index is 936. The number of rotatable bonds is 4. The molecule has 1 amide bonds. The summed E-state index contributed by atoms with van der Waals surface area (Å²) < 4.78 is 0.911. The summed E-state index contributed by atoms with van der Waals surface area (Å²) in [5.41, 5.74) is 2.07. The quantitative estimate of drug-likeness (QED) is 0.732. The molecule has 0 saturated heterocycles. The number of carboxylic acids is 1. The van der Waals surface area contributed by atoms with E-state index in [1.165, 1.54) is 6.07 Å². The first kappa shape index (κ1) is 16.9. The number of amides is 1. The Kier molecular flexibility index (Phi) is 4.95. The van der Waals surface area contributed by atoms with Gasteiger partial charge in [0.05, 0.1) is 5.97 Å². The molecule has 4 nitrogen and oxygen atoms in total. The van der Waals surface area contributed by atoms with E-state index in [1.807, 2.05) is 12.1 Å². The third-order valence-electron chi connectivity index (χ3n) is 3.71. The third-order valence-corrected chi connectivity index (χ3v) is 4.24. The number of carbonyl (C=O) groups excluding carboxylic acids is 2. The molecule has 0 radical (unpaired) electrons. The molecule has 0 aromatic heterocycles. The Labute approximate surface area is 153 Å². The first-order valence-corrected chi connectivity index (χ1v) is 8.32. The van der Waals surface area contributed by atoms with Crippen LogP contribution in [0.15, 0.2) is 77.3 Å². The van der Waals surface area contributed by atoms with Crippen LogP contribution in [0, 0.1) is 0 Å². The van der Waals surface area contributed by atoms with Crippen LogP contribution in [0.4, 0.5) is 5.69 Å². The minimum Gasteiger partial charge on any atom is -0.545 e. The Balaban J connectivity index is 2.00. The summed E-state index contributed by atoms with van der Waals surface area (Å²) in [6.07, 6.45) is 0. The fourth-order valence-corrected chi connectivity index (χ4v) is 2.81. The summed E-state index contributed by atoms with van der Waals surface area (Å²) in [5.74, 6) is -1.59. The van der Waals surface area contributed by atoms with Crippen LogP contribution >= 0.6 is 15.9 Å². The Hall–Kier alpha value is -2.92. The zero-order chi connectivity index (χ0) is 17.8. The van der Waals surface area contributed by atoms with Gasteiger partial charge in [-0.25, -0.2) is 0 Å². The average Bonchev–Trinajstić information content (AvgIpc) is 2.63. The molecule has 0 aliphatic carbocycles. The molecule has 0 bridgehead atoms. The second-order valence-electron chi connectivity index (χ2n) is 5.34. The Morgan fingerprint density at radius 2 is 1.28 bits per heavy atom. The summed E-state index contributed by atoms with van der Waals surface area (Å²) in [7, 11) is 0. The molecule has 3 rings (SSSR count). The Morgan fingerprint density at radius 1 is 0.760 bits per heavy atom. The van der Waals surface area contributed by atoms with Gasteiger partial charge in [-0.1, -0.05) is 58.4 Å². The van der Waals surface area contributed by atoms with Crippen molar-refractivity contribution in [3.8, 4) is 11.1 Å². The van der Waals surface area contributed by atoms with Gasteiger partial charge in [0.25, 0.3) is 5.91 Å². The first-order valence-electron chi connectivity index (χ1n) is 7.53. The smallest absolute Gasteiger partial charge is 0.256 e. The van der Waals surface area contributed by atoms with Crippen molar-refractivity contribution in [2.24, 2.45) is 0 Å². The predicted molar refractivity (Wildman–Crippen MR) is 98.3 cm³/mol. The number of hydrogen-bond donors (Lipinski definition) is 1. The van der Waals surface area contributed by atoms with Crippen LogP contribution < -0.4 is 10.4 Å². The number of hydrogen-bond acceptors (Lipinski definition) is 3. The van der Waals surface area contributed by atoms with Gasteiger partial charge in [0.2, 0.25) is 0 Å². The topological polar surface area (TPSA) is 69.2 Å². The van der Waals surface area contributed by atoms with E-state index >= 15 is 0 Å². The van der Waals surface area contributed by atoms with Gasteiger partial charge in [-0.15, -0.1) is 0 Å². The highest BCUT2D eigenvalue weighted by atomic mass is 79.9. The third kappa shape index (κ3) is 3.78. The summed E-state index contributed by atoms with van der Waals surface area (Å²) in [4.78, 5) is 24.1. The number of carbonyl (C=O) groups is 2. The minimum absolute atomic E-state index is 0.0476. The summed E-state index contributed by atoms with van der Waals surface area (Å²) in [5, 5.41) is 14.2. The van der Waals surface area contributed by atoms with Gasteiger partial charge >= 0.3 is 0 Å². The van der Waals surface area contributed by atoms with Crippen LogP contribution in [0.5, 0.6) is 0 Å². The minimum atomic E-state index is -1.28. The molecule has 0 aliphatic rings. The van der Waals surface area contributed by atoms with Crippen LogP contribution in [0.3, 0.4) is 0 Å². The molecule has 0 aliphatic heterocycles. The fourth-order valence-electron chi connectivity index (χ4n) is 2.54. The lowest BCUT2D eigenvalue weighted by molar-refractivity contribution is -0.254. The van der Waals surface area contributed by atoms with Crippen LogP contribution in [0.1, 0.15) is 20.7 Å². The van der Waals surface area contributed by atoms with Gasteiger partial charge in [-0.3, -0.25) is 4.79 Å². The average molecular weight is 395 g/mol. The van der Waals surface area contributed by atoms with Gasteiger partial charge < -0.3 is 15.2 Å². The van der Waals surface area contributed by atoms with E-state index in [2.05, 4.69) is 21.2 Å². The maximum Gasteiger partial charge on any atom is 0.256 e. The highest BCUT2D eigenvalue weighted by molar-refractivity contribution is 9.10. The maximum absolute atomic E-state index is 12.7. The highest BCUT2D eigenvalue weighted by Crippen LogP contribution is 2.27. The molecule has 0 spiro atoms. The second-order valence-corrected chi connectivity index (χ2v) is 6.26. The predicted octanol–water partition coefficient (Wildman–Crippen LogP) is 3.73. The number of anilines is 1. The summed E-state index contributed by atoms with van der Waals surface area (Å²) >= 11 is 3.35. The summed E-state index contributed by atoms with van der Waals surface area (Å²) in [6, 6.07) is 20.6. The number of benzene rings is 3. The van der Waals surface area contributed by atoms with Crippen molar-refractivity contribution in [1.82, 2.24) is 0 Å². The van der Waals surface area contributed by atoms with Crippen LogP contribution in [0.2, 0.25) is 0 Å². The van der Waals surface area contributed by atoms with Crippen molar-refractivity contribution >= 4 is 33.5 Å². The molecule has 3 aromatic rings. The van der Waals surface area contributed by atoms with E-state index in [4.69, 9.17) is 0 Å². The monoisotopic (exact) mass is 394 g/mol. The van der Waals surface area contributed by atoms with Gasteiger partial charge in [-0.2, -0.15) is 0 Å². The van der Waals surface area contributed by atoms with E-state index < -0.39 is 5.97 Å². The fraction of sp³-hybridized carbons (Fsp3) is 0. The van der Waals surface area contributed by atoms with Crippen molar-refractivity contribution < 1.29 is 14.7 Å². The van der Waals surface area contributed by atoms with E-state index in [0.717, 1.165) is 4.47 Å². The lowest BCUT2D eigenvalue weighted by Crippen LogP contribution is -2.23. The van der Waals surface area contributed by atoms with E-state index in [9.17, 15) is 14.7 Å². The molecule has 0 heterocycles. The van der Waals surface area contributed by atoms with Crippen LogP contribution in [0.25, 0.3) is 11.1 Å². The Morgan fingerprint density at radius 3 is 1.88 bits per heavy atom. The number of halogens is 1. The van der Waals surface area contributed by atoms with Crippen LogP contribution in [-0.4, -0.2) is 11.9 Å². The molecule has 0 unspecified atom stereocenters. The molecule has 124 valence electrons. The first-order chi connectivity index (χ1) is 12.1.